The molecule has 0 fully saturated rings. The van der Waals surface area contributed by atoms with Crippen molar-refractivity contribution in [3.63, 3.8) is 0 Å². The van der Waals surface area contributed by atoms with E-state index >= 15 is 0 Å². The van der Waals surface area contributed by atoms with Crippen molar-refractivity contribution >= 4 is 41.7 Å². The molecule has 0 aliphatic heterocycles. The second-order valence-corrected chi connectivity index (χ2v) is 8.15. The van der Waals surface area contributed by atoms with E-state index in [4.69, 9.17) is 4.74 Å². The molecule has 0 aliphatic rings. The van der Waals surface area contributed by atoms with Gasteiger partial charge in [-0.2, -0.15) is 0 Å². The van der Waals surface area contributed by atoms with Gasteiger partial charge in [-0.15, -0.1) is 34.2 Å². The number of hydrogen-bond acceptors (Lipinski definition) is 5. The maximum Gasteiger partial charge on any atom is 0.191 e. The van der Waals surface area contributed by atoms with Crippen LogP contribution in [0.3, 0.4) is 0 Å². The number of aryl methyl sites for hydroxylation is 2. The van der Waals surface area contributed by atoms with Crippen molar-refractivity contribution in [1.29, 1.82) is 0 Å². The first-order chi connectivity index (χ1) is 14.0. The molecule has 0 amide bonds. The Morgan fingerprint density at radius 3 is 2.67 bits per heavy atom. The van der Waals surface area contributed by atoms with Crippen LogP contribution in [-0.4, -0.2) is 47.7 Å². The highest BCUT2D eigenvalue weighted by Gasteiger charge is 2.12. The molecular formula is C21H35IN6OS. The lowest BCUT2D eigenvalue weighted by atomic mass is 10.1. The van der Waals surface area contributed by atoms with E-state index in [0.29, 0.717) is 12.5 Å². The highest BCUT2D eigenvalue weighted by Crippen LogP contribution is 2.19. The first kappa shape index (κ1) is 26.5. The SMILES string of the molecule is CN=C(NCCCc1nnc(SC)n1CC(C)C)NCc1ccc(C)cc1OC.I. The summed E-state index contributed by atoms with van der Waals surface area (Å²) in [6.07, 6.45) is 3.89. The van der Waals surface area contributed by atoms with Crippen LogP contribution in [0.4, 0.5) is 0 Å². The number of hydrogen-bond donors (Lipinski definition) is 2. The van der Waals surface area contributed by atoms with Crippen LogP contribution in [0.5, 0.6) is 5.75 Å². The summed E-state index contributed by atoms with van der Waals surface area (Å²) in [5.74, 6) is 3.29. The lowest BCUT2D eigenvalue weighted by Gasteiger charge is -2.14. The minimum Gasteiger partial charge on any atom is -0.496 e. The third-order valence-corrected chi connectivity index (χ3v) is 5.17. The molecule has 0 saturated carbocycles. The molecule has 0 bridgehead atoms. The van der Waals surface area contributed by atoms with E-state index in [1.165, 1.54) is 5.56 Å². The Balaban J connectivity index is 0.00000450. The standard InChI is InChI=1S/C21H34N6OS.HI/c1-15(2)14-27-19(25-26-21(27)29-6)8-7-11-23-20(22-4)24-13-17-10-9-16(3)12-18(17)28-5;/h9-10,12,15H,7-8,11,13-14H2,1-6H3,(H2,22,23,24);1H. The fraction of sp³-hybridized carbons (Fsp3) is 0.571. The number of guanidine groups is 1. The molecule has 2 rings (SSSR count). The molecular weight excluding hydrogens is 511 g/mol. The van der Waals surface area contributed by atoms with E-state index in [-0.39, 0.29) is 24.0 Å². The largest absolute Gasteiger partial charge is 0.496 e. The molecule has 30 heavy (non-hydrogen) atoms. The zero-order chi connectivity index (χ0) is 21.2. The molecule has 2 N–H and O–H groups in total. The predicted octanol–water partition coefficient (Wildman–Crippen LogP) is 3.89. The summed E-state index contributed by atoms with van der Waals surface area (Å²) in [6, 6.07) is 6.22. The number of aromatic nitrogens is 3. The quantitative estimate of drug-likeness (QED) is 0.155. The number of aliphatic imine (C=N–C) groups is 1. The Bertz CT molecular complexity index is 809. The average Bonchev–Trinajstić information content (AvgIpc) is 3.08. The van der Waals surface area contributed by atoms with Crippen molar-refractivity contribution < 1.29 is 4.74 Å². The summed E-state index contributed by atoms with van der Waals surface area (Å²) < 4.78 is 7.71. The molecule has 9 heteroatoms. The van der Waals surface area contributed by atoms with Crippen LogP contribution in [0.25, 0.3) is 0 Å². The second-order valence-electron chi connectivity index (χ2n) is 7.38. The van der Waals surface area contributed by atoms with Gasteiger partial charge in [0.05, 0.1) is 7.11 Å². The van der Waals surface area contributed by atoms with Gasteiger partial charge in [0.15, 0.2) is 11.1 Å². The van der Waals surface area contributed by atoms with Crippen LogP contribution in [-0.2, 0) is 19.5 Å². The van der Waals surface area contributed by atoms with Gasteiger partial charge in [-0.3, -0.25) is 4.99 Å². The van der Waals surface area contributed by atoms with Gasteiger partial charge >= 0.3 is 0 Å². The number of methoxy groups -OCH3 is 1. The minimum atomic E-state index is 0. The number of nitrogens with one attached hydrogen (secondary N) is 2. The number of benzene rings is 1. The van der Waals surface area contributed by atoms with Gasteiger partial charge in [0.2, 0.25) is 0 Å². The van der Waals surface area contributed by atoms with E-state index in [0.717, 1.165) is 54.2 Å². The lowest BCUT2D eigenvalue weighted by molar-refractivity contribution is 0.408. The molecule has 0 spiro atoms. The molecule has 2 aromatic rings. The number of nitrogens with zero attached hydrogens (tertiary/aromatic N) is 4. The third kappa shape index (κ3) is 7.98. The molecule has 0 radical (unpaired) electrons. The Hall–Kier alpha value is -1.49. The monoisotopic (exact) mass is 546 g/mol. The van der Waals surface area contributed by atoms with Gasteiger partial charge in [-0.25, -0.2) is 0 Å². The first-order valence-electron chi connectivity index (χ1n) is 10.0. The second kappa shape index (κ2) is 13.7. The minimum absolute atomic E-state index is 0. The van der Waals surface area contributed by atoms with Crippen LogP contribution in [0.15, 0.2) is 28.3 Å². The van der Waals surface area contributed by atoms with Gasteiger partial charge in [0.1, 0.15) is 11.6 Å². The maximum absolute atomic E-state index is 5.47. The van der Waals surface area contributed by atoms with E-state index in [2.05, 4.69) is 63.3 Å². The Morgan fingerprint density at radius 2 is 2.03 bits per heavy atom. The predicted molar refractivity (Wildman–Crippen MR) is 136 cm³/mol. The van der Waals surface area contributed by atoms with Crippen molar-refractivity contribution in [3.05, 3.63) is 35.2 Å². The summed E-state index contributed by atoms with van der Waals surface area (Å²) in [5, 5.41) is 16.4. The normalized spacial score (nSPS) is 11.4. The zero-order valence-electron chi connectivity index (χ0n) is 18.9. The smallest absolute Gasteiger partial charge is 0.191 e. The molecule has 1 aromatic carbocycles. The average molecular weight is 547 g/mol. The van der Waals surface area contributed by atoms with Crippen molar-refractivity contribution in [2.24, 2.45) is 10.9 Å². The summed E-state index contributed by atoms with van der Waals surface area (Å²) in [4.78, 5) is 4.31. The maximum atomic E-state index is 5.47. The topological polar surface area (TPSA) is 76.4 Å². The number of halogens is 1. The third-order valence-electron chi connectivity index (χ3n) is 4.51. The highest BCUT2D eigenvalue weighted by atomic mass is 127. The summed E-state index contributed by atoms with van der Waals surface area (Å²) in [5.41, 5.74) is 2.29. The van der Waals surface area contributed by atoms with Crippen LogP contribution < -0.4 is 15.4 Å². The lowest BCUT2D eigenvalue weighted by Crippen LogP contribution is -2.37. The van der Waals surface area contributed by atoms with Gasteiger partial charge in [0.25, 0.3) is 0 Å². The van der Waals surface area contributed by atoms with Gasteiger partial charge in [-0.1, -0.05) is 37.7 Å². The van der Waals surface area contributed by atoms with Crippen LogP contribution in [0, 0.1) is 12.8 Å². The summed E-state index contributed by atoms with van der Waals surface area (Å²) >= 11 is 1.65. The molecule has 1 heterocycles. The van der Waals surface area contributed by atoms with Crippen molar-refractivity contribution in [2.75, 3.05) is 27.0 Å². The van der Waals surface area contributed by atoms with E-state index in [9.17, 15) is 0 Å². The first-order valence-corrected chi connectivity index (χ1v) is 11.2. The molecule has 0 atom stereocenters. The number of thioether (sulfide) groups is 1. The van der Waals surface area contributed by atoms with Crippen molar-refractivity contribution in [3.8, 4) is 5.75 Å². The fourth-order valence-corrected chi connectivity index (χ4v) is 3.58. The molecule has 7 nitrogen and oxygen atoms in total. The van der Waals surface area contributed by atoms with Crippen LogP contribution >= 0.6 is 35.7 Å². The zero-order valence-corrected chi connectivity index (χ0v) is 22.0. The van der Waals surface area contributed by atoms with Gasteiger partial charge in [0, 0.05) is 38.7 Å². The van der Waals surface area contributed by atoms with Crippen molar-refractivity contribution in [2.45, 2.75) is 51.9 Å². The Kier molecular flexibility index (Phi) is 12.2. The van der Waals surface area contributed by atoms with Gasteiger partial charge in [-0.05, 0) is 37.1 Å². The van der Waals surface area contributed by atoms with Gasteiger partial charge < -0.3 is 19.9 Å². The number of rotatable bonds is 10. The Labute approximate surface area is 201 Å². The summed E-state index contributed by atoms with van der Waals surface area (Å²) in [6.45, 7) is 8.91. The highest BCUT2D eigenvalue weighted by molar-refractivity contribution is 14.0. The summed E-state index contributed by atoms with van der Waals surface area (Å²) in [7, 11) is 3.48. The molecule has 0 saturated heterocycles. The molecule has 1 aromatic heterocycles. The van der Waals surface area contributed by atoms with E-state index in [1.54, 1.807) is 25.9 Å². The molecule has 0 unspecified atom stereocenters. The van der Waals surface area contributed by atoms with Crippen LogP contribution in [0.2, 0.25) is 0 Å². The molecule has 168 valence electrons. The Morgan fingerprint density at radius 1 is 1.27 bits per heavy atom. The fourth-order valence-electron chi connectivity index (χ4n) is 3.05. The van der Waals surface area contributed by atoms with Crippen LogP contribution in [0.1, 0.15) is 37.2 Å². The molecule has 0 aliphatic carbocycles. The van der Waals surface area contributed by atoms with E-state index in [1.807, 2.05) is 12.3 Å². The number of ether oxygens (including phenoxy) is 1. The van der Waals surface area contributed by atoms with Crippen molar-refractivity contribution in [1.82, 2.24) is 25.4 Å². The van der Waals surface area contributed by atoms with E-state index < -0.39 is 0 Å².